The van der Waals surface area contributed by atoms with Crippen molar-refractivity contribution in [3.63, 3.8) is 0 Å². The third-order valence-electron chi connectivity index (χ3n) is 4.27. The smallest absolute Gasteiger partial charge is 0.335 e. The van der Waals surface area contributed by atoms with Gasteiger partial charge in [-0.3, -0.25) is 9.98 Å². The van der Waals surface area contributed by atoms with Gasteiger partial charge in [0.05, 0.1) is 11.8 Å². The molecule has 0 spiro atoms. The molecule has 2 heterocycles. The van der Waals surface area contributed by atoms with E-state index in [2.05, 4.69) is 32.3 Å². The van der Waals surface area contributed by atoms with Gasteiger partial charge in [0.25, 0.3) is 0 Å². The van der Waals surface area contributed by atoms with Crippen molar-refractivity contribution >= 4 is 39.6 Å². The lowest BCUT2D eigenvalue weighted by Crippen LogP contribution is -2.40. The molecule has 2 aliphatic rings. The van der Waals surface area contributed by atoms with Crippen molar-refractivity contribution in [3.05, 3.63) is 76.5 Å². The number of fused-ring (bicyclic) bond motifs is 1. The summed E-state index contributed by atoms with van der Waals surface area (Å²) in [5, 5.41) is 12.5. The number of carboxylic acid groups (broad SMARTS) is 1. The predicted molar refractivity (Wildman–Crippen MR) is 105 cm³/mol. The summed E-state index contributed by atoms with van der Waals surface area (Å²) < 4.78 is 0.994. The number of hydrogen-bond donors (Lipinski definition) is 2. The lowest BCUT2D eigenvalue weighted by atomic mass is 10.0. The van der Waals surface area contributed by atoms with Crippen LogP contribution < -0.4 is 5.32 Å². The predicted octanol–water partition coefficient (Wildman–Crippen LogP) is 3.90. The quantitative estimate of drug-likeness (QED) is 0.800. The van der Waals surface area contributed by atoms with Crippen molar-refractivity contribution in [2.75, 3.05) is 5.32 Å². The zero-order valence-corrected chi connectivity index (χ0v) is 15.2. The molecule has 4 rings (SSSR count). The Labute approximate surface area is 158 Å². The molecule has 26 heavy (non-hydrogen) atoms. The van der Waals surface area contributed by atoms with Gasteiger partial charge in [-0.15, -0.1) is 0 Å². The van der Waals surface area contributed by atoms with Crippen LogP contribution in [0.4, 0.5) is 5.69 Å². The van der Waals surface area contributed by atoms with Crippen molar-refractivity contribution in [2.24, 2.45) is 9.98 Å². The third kappa shape index (κ3) is 3.13. The normalized spacial score (nSPS) is 20.7. The number of nitrogens with one attached hydrogen (secondary N) is 1. The molecule has 0 saturated heterocycles. The maximum absolute atomic E-state index is 11.0. The highest BCUT2D eigenvalue weighted by Crippen LogP contribution is 2.34. The van der Waals surface area contributed by atoms with Crippen molar-refractivity contribution in [3.8, 4) is 0 Å². The molecule has 6 nitrogen and oxygen atoms in total. The molecule has 0 saturated carbocycles. The summed E-state index contributed by atoms with van der Waals surface area (Å²) in [6.45, 7) is 0. The summed E-state index contributed by atoms with van der Waals surface area (Å²) in [5.74, 6) is -0.151. The van der Waals surface area contributed by atoms with E-state index >= 15 is 0 Å². The molecule has 2 aromatic carbocycles. The summed E-state index contributed by atoms with van der Waals surface area (Å²) in [4.78, 5) is 22.0. The third-order valence-corrected chi connectivity index (χ3v) is 4.77. The van der Waals surface area contributed by atoms with Crippen LogP contribution in [0.3, 0.4) is 0 Å². The summed E-state index contributed by atoms with van der Waals surface area (Å²) in [5.41, 5.74) is 2.16. The number of hydrogen-bond acceptors (Lipinski definition) is 5. The molecule has 0 aromatic heterocycles. The van der Waals surface area contributed by atoms with E-state index in [4.69, 9.17) is 10.1 Å². The summed E-state index contributed by atoms with van der Waals surface area (Å²) in [6, 6.07) is 14.6. The summed E-state index contributed by atoms with van der Waals surface area (Å²) in [6.07, 6.45) is 5.21. The van der Waals surface area contributed by atoms with E-state index in [1.54, 1.807) is 36.7 Å². The highest BCUT2D eigenvalue weighted by Gasteiger charge is 2.36. The molecule has 0 fully saturated rings. The first kappa shape index (κ1) is 16.5. The van der Waals surface area contributed by atoms with Crippen LogP contribution in [0.2, 0.25) is 0 Å². The fraction of sp³-hybridized carbons (Fsp3) is 0.105. The van der Waals surface area contributed by atoms with E-state index in [0.29, 0.717) is 0 Å². The van der Waals surface area contributed by atoms with E-state index in [0.717, 1.165) is 21.6 Å². The fourth-order valence-electron chi connectivity index (χ4n) is 3.04. The van der Waals surface area contributed by atoms with Gasteiger partial charge in [0.1, 0.15) is 18.0 Å². The van der Waals surface area contributed by atoms with Crippen LogP contribution >= 0.6 is 15.9 Å². The van der Waals surface area contributed by atoms with E-state index in [1.165, 1.54) is 0 Å². The second kappa shape index (κ2) is 6.76. The van der Waals surface area contributed by atoms with Crippen LogP contribution in [-0.4, -0.2) is 34.2 Å². The van der Waals surface area contributed by atoms with Crippen LogP contribution in [0, 0.1) is 0 Å². The molecule has 2 unspecified atom stereocenters. The Morgan fingerprint density at radius 3 is 2.73 bits per heavy atom. The zero-order chi connectivity index (χ0) is 18.1. The van der Waals surface area contributed by atoms with Gasteiger partial charge in [-0.05, 0) is 42.0 Å². The van der Waals surface area contributed by atoms with Gasteiger partial charge < -0.3 is 15.3 Å². The van der Waals surface area contributed by atoms with Gasteiger partial charge in [-0.25, -0.2) is 4.79 Å². The first-order valence-electron chi connectivity index (χ1n) is 8.03. The molecule has 2 aromatic rings. The molecular formula is C19H15BrN4O2. The van der Waals surface area contributed by atoms with Crippen molar-refractivity contribution < 1.29 is 9.90 Å². The van der Waals surface area contributed by atoms with Gasteiger partial charge in [0, 0.05) is 22.6 Å². The van der Waals surface area contributed by atoms with Gasteiger partial charge in [-0.1, -0.05) is 28.1 Å². The molecular weight excluding hydrogens is 396 g/mol. The second-order valence-electron chi connectivity index (χ2n) is 5.94. The number of aromatic carboxylic acids is 1. The van der Waals surface area contributed by atoms with Crippen LogP contribution in [0.25, 0.3) is 0 Å². The minimum absolute atomic E-state index is 0.129. The second-order valence-corrected chi connectivity index (χ2v) is 6.86. The molecule has 0 aliphatic carbocycles. The molecule has 0 bridgehead atoms. The van der Waals surface area contributed by atoms with Crippen LogP contribution in [0.5, 0.6) is 0 Å². The Kier molecular flexibility index (Phi) is 4.30. The fourth-order valence-corrected chi connectivity index (χ4v) is 3.46. The Bertz CT molecular complexity index is 937. The number of anilines is 1. The number of benzene rings is 2. The van der Waals surface area contributed by atoms with Crippen molar-refractivity contribution in [2.45, 2.75) is 12.2 Å². The molecule has 2 atom stereocenters. The van der Waals surface area contributed by atoms with Gasteiger partial charge >= 0.3 is 5.97 Å². The van der Waals surface area contributed by atoms with Crippen molar-refractivity contribution in [1.29, 1.82) is 0 Å². The molecule has 7 heteroatoms. The molecule has 2 N–H and O–H groups in total. The minimum Gasteiger partial charge on any atom is -0.478 e. The van der Waals surface area contributed by atoms with Gasteiger partial charge in [0.15, 0.2) is 0 Å². The SMILES string of the molecule is O=C(O)c1ccc(NC2C(c3cccc(Br)c3)N=C3C=NC=CN32)cc1. The lowest BCUT2D eigenvalue weighted by Gasteiger charge is -2.29. The monoisotopic (exact) mass is 410 g/mol. The Hall–Kier alpha value is -2.93. The average molecular weight is 411 g/mol. The first-order chi connectivity index (χ1) is 12.6. The summed E-state index contributed by atoms with van der Waals surface area (Å²) >= 11 is 3.52. The Morgan fingerprint density at radius 2 is 2.00 bits per heavy atom. The number of amidine groups is 1. The number of nitrogens with zero attached hydrogens (tertiary/aromatic N) is 3. The maximum Gasteiger partial charge on any atom is 0.335 e. The topological polar surface area (TPSA) is 77.3 Å². The van der Waals surface area contributed by atoms with Crippen molar-refractivity contribution in [1.82, 2.24) is 4.90 Å². The number of aliphatic imine (C=N–C) groups is 2. The minimum atomic E-state index is -0.940. The Morgan fingerprint density at radius 1 is 1.19 bits per heavy atom. The highest BCUT2D eigenvalue weighted by atomic mass is 79.9. The molecule has 0 amide bonds. The number of carbonyl (C=O) groups is 1. The van der Waals surface area contributed by atoms with Crippen LogP contribution in [-0.2, 0) is 0 Å². The largest absolute Gasteiger partial charge is 0.478 e. The van der Waals surface area contributed by atoms with E-state index in [1.807, 2.05) is 29.3 Å². The summed E-state index contributed by atoms with van der Waals surface area (Å²) in [7, 11) is 0. The number of halogens is 1. The zero-order valence-electron chi connectivity index (χ0n) is 13.6. The van der Waals surface area contributed by atoms with E-state index in [-0.39, 0.29) is 17.8 Å². The van der Waals surface area contributed by atoms with Gasteiger partial charge in [-0.2, -0.15) is 0 Å². The molecule has 2 aliphatic heterocycles. The molecule has 0 radical (unpaired) electrons. The maximum atomic E-state index is 11.0. The number of rotatable bonds is 4. The lowest BCUT2D eigenvalue weighted by molar-refractivity contribution is 0.0697. The van der Waals surface area contributed by atoms with E-state index < -0.39 is 5.97 Å². The highest BCUT2D eigenvalue weighted by molar-refractivity contribution is 9.10. The number of carboxylic acids is 1. The standard InChI is InChI=1S/C19H15BrN4O2/c20-14-3-1-2-13(10-14)17-18(24-9-8-21-11-16(24)23-17)22-15-6-4-12(5-7-15)19(25)26/h1-11,17-18,22H,(H,25,26). The van der Waals surface area contributed by atoms with Gasteiger partial charge in [0.2, 0.25) is 0 Å². The average Bonchev–Trinajstić information content (AvgIpc) is 3.01. The van der Waals surface area contributed by atoms with Crippen LogP contribution in [0.1, 0.15) is 22.0 Å². The first-order valence-corrected chi connectivity index (χ1v) is 8.82. The van der Waals surface area contributed by atoms with Crippen LogP contribution in [0.15, 0.2) is 75.4 Å². The van der Waals surface area contributed by atoms with E-state index in [9.17, 15) is 4.79 Å². The molecule has 130 valence electrons. The Balaban J connectivity index is 1.66.